The molecule has 1 amide bonds. The van der Waals surface area contributed by atoms with Crippen molar-refractivity contribution in [2.24, 2.45) is 0 Å². The van der Waals surface area contributed by atoms with E-state index in [1.54, 1.807) is 13.0 Å². The lowest BCUT2D eigenvalue weighted by Gasteiger charge is -2.22. The van der Waals surface area contributed by atoms with Gasteiger partial charge in [0.1, 0.15) is 0 Å². The molecule has 4 nitrogen and oxygen atoms in total. The molecular weight excluding hydrogens is 338 g/mol. The van der Waals surface area contributed by atoms with E-state index in [0.717, 1.165) is 0 Å². The van der Waals surface area contributed by atoms with Gasteiger partial charge in [-0.25, -0.2) is 4.79 Å². The summed E-state index contributed by atoms with van der Waals surface area (Å²) < 4.78 is 0. The van der Waals surface area contributed by atoms with Crippen molar-refractivity contribution in [1.29, 1.82) is 0 Å². The zero-order valence-electron chi connectivity index (χ0n) is 15.4. The molecule has 0 heterocycles. The van der Waals surface area contributed by atoms with Crippen molar-refractivity contribution in [2.75, 3.05) is 5.32 Å². The molecule has 1 saturated carbocycles. The van der Waals surface area contributed by atoms with Crippen molar-refractivity contribution in [1.82, 2.24) is 0 Å². The molecule has 0 bridgehead atoms. The number of anilines is 1. The molecule has 0 spiro atoms. The van der Waals surface area contributed by atoms with Gasteiger partial charge in [0, 0.05) is 11.1 Å². The van der Waals surface area contributed by atoms with Crippen molar-refractivity contribution in [2.45, 2.75) is 44.9 Å². The third kappa shape index (κ3) is 4.20. The molecule has 0 aromatic heterocycles. The van der Waals surface area contributed by atoms with Crippen LogP contribution in [0.15, 0.2) is 36.4 Å². The highest BCUT2D eigenvalue weighted by Crippen LogP contribution is 2.32. The summed E-state index contributed by atoms with van der Waals surface area (Å²) in [7, 11) is 0. The van der Waals surface area contributed by atoms with Crippen LogP contribution in [0.5, 0.6) is 0 Å². The Labute approximate surface area is 159 Å². The largest absolute Gasteiger partial charge is 0.478 e. The maximum absolute atomic E-state index is 12.6. The Morgan fingerprint density at radius 3 is 2.37 bits per heavy atom. The Bertz CT molecular complexity index is 900. The minimum Gasteiger partial charge on any atom is -0.478 e. The first-order valence-corrected chi connectivity index (χ1v) is 9.25. The molecule has 2 aromatic carbocycles. The molecule has 3 rings (SSSR count). The molecule has 1 fully saturated rings. The highest BCUT2D eigenvalue weighted by Gasteiger charge is 2.18. The van der Waals surface area contributed by atoms with Crippen molar-refractivity contribution in [3.05, 3.63) is 64.2 Å². The van der Waals surface area contributed by atoms with Gasteiger partial charge in [-0.3, -0.25) is 4.79 Å². The zero-order valence-corrected chi connectivity index (χ0v) is 15.4. The van der Waals surface area contributed by atoms with Crippen LogP contribution in [0.25, 0.3) is 0 Å². The molecule has 0 aliphatic heterocycles. The number of hydrogen-bond donors (Lipinski definition) is 2. The molecule has 27 heavy (non-hydrogen) atoms. The molecule has 0 unspecified atom stereocenters. The number of nitrogens with one attached hydrogen (secondary N) is 1. The molecular formula is C23H23NO3. The average Bonchev–Trinajstić information content (AvgIpc) is 2.69. The van der Waals surface area contributed by atoms with Crippen LogP contribution in [0.2, 0.25) is 0 Å². The fourth-order valence-electron chi connectivity index (χ4n) is 3.73. The first-order chi connectivity index (χ1) is 13.0. The smallest absolute Gasteiger partial charge is 0.337 e. The van der Waals surface area contributed by atoms with Crippen LogP contribution in [-0.2, 0) is 0 Å². The van der Waals surface area contributed by atoms with Crippen molar-refractivity contribution < 1.29 is 14.7 Å². The fraction of sp³-hybridized carbons (Fsp3) is 0.304. The number of benzene rings is 2. The molecule has 0 saturated heterocycles. The molecule has 0 atom stereocenters. The second-order valence-corrected chi connectivity index (χ2v) is 7.08. The maximum atomic E-state index is 12.6. The Kier molecular flexibility index (Phi) is 5.61. The predicted octanol–water partition coefficient (Wildman–Crippen LogP) is 4.97. The Hall–Kier alpha value is -3.06. The average molecular weight is 361 g/mol. The van der Waals surface area contributed by atoms with E-state index in [1.165, 1.54) is 43.7 Å². The molecule has 4 heteroatoms. The lowest BCUT2D eigenvalue weighted by Crippen LogP contribution is -2.16. The number of aryl methyl sites for hydroxylation is 1. The molecule has 0 radical (unpaired) electrons. The number of carbonyl (C=O) groups excluding carboxylic acids is 1. The summed E-state index contributed by atoms with van der Waals surface area (Å²) in [4.78, 5) is 24.2. The van der Waals surface area contributed by atoms with Gasteiger partial charge in [0.15, 0.2) is 0 Å². The van der Waals surface area contributed by atoms with Gasteiger partial charge in [0.05, 0.1) is 11.3 Å². The summed E-state index contributed by atoms with van der Waals surface area (Å²) in [5, 5.41) is 12.2. The highest BCUT2D eigenvalue weighted by atomic mass is 16.4. The van der Waals surface area contributed by atoms with Gasteiger partial charge in [-0.1, -0.05) is 37.3 Å². The standard InChI is InChI=1S/C23H23NO3/c1-3-16-13-15(2)21(20(14-16)23(26)27)24-22(25)19-11-9-18(10-12-19)17-7-5-4-6-8-17/h1,9-14,17H,4-8H2,2H3,(H,24,25)(H,26,27). The Morgan fingerprint density at radius 2 is 1.78 bits per heavy atom. The van der Waals surface area contributed by atoms with Crippen molar-refractivity contribution in [3.63, 3.8) is 0 Å². The second kappa shape index (κ2) is 8.09. The third-order valence-electron chi connectivity index (χ3n) is 5.22. The SMILES string of the molecule is C#Cc1cc(C)c(NC(=O)c2ccc(C3CCCCC3)cc2)c(C(=O)O)c1. The van der Waals surface area contributed by atoms with Gasteiger partial charge in [0.2, 0.25) is 0 Å². The normalized spacial score (nSPS) is 14.4. The molecule has 1 aliphatic carbocycles. The van der Waals surface area contributed by atoms with Gasteiger partial charge in [-0.15, -0.1) is 6.42 Å². The van der Waals surface area contributed by atoms with Crippen LogP contribution < -0.4 is 5.32 Å². The summed E-state index contributed by atoms with van der Waals surface area (Å²) in [5.41, 5.74) is 3.14. The minimum absolute atomic E-state index is 0.00451. The van der Waals surface area contributed by atoms with Gasteiger partial charge < -0.3 is 10.4 Å². The van der Waals surface area contributed by atoms with Gasteiger partial charge in [-0.05, 0) is 61.1 Å². The minimum atomic E-state index is -1.13. The van der Waals surface area contributed by atoms with E-state index in [4.69, 9.17) is 6.42 Å². The van der Waals surface area contributed by atoms with Crippen LogP contribution in [-0.4, -0.2) is 17.0 Å². The van der Waals surface area contributed by atoms with Crippen LogP contribution >= 0.6 is 0 Å². The quantitative estimate of drug-likeness (QED) is 0.755. The number of hydrogen-bond acceptors (Lipinski definition) is 2. The predicted molar refractivity (Wildman–Crippen MR) is 106 cm³/mol. The number of amides is 1. The van der Waals surface area contributed by atoms with Crippen LogP contribution in [0.4, 0.5) is 5.69 Å². The number of terminal acetylenes is 1. The molecule has 2 N–H and O–H groups in total. The van der Waals surface area contributed by atoms with E-state index in [-0.39, 0.29) is 17.2 Å². The number of aromatic carboxylic acids is 1. The second-order valence-electron chi connectivity index (χ2n) is 7.08. The Balaban J connectivity index is 1.81. The van der Waals surface area contributed by atoms with E-state index in [0.29, 0.717) is 22.6 Å². The Morgan fingerprint density at radius 1 is 1.11 bits per heavy atom. The lowest BCUT2D eigenvalue weighted by molar-refractivity contribution is 0.0698. The molecule has 1 aliphatic rings. The van der Waals surface area contributed by atoms with E-state index >= 15 is 0 Å². The summed E-state index contributed by atoms with van der Waals surface area (Å²) in [6.07, 6.45) is 11.6. The topological polar surface area (TPSA) is 66.4 Å². The number of carbonyl (C=O) groups is 2. The van der Waals surface area contributed by atoms with Crippen LogP contribution in [0.1, 0.15) is 75.4 Å². The molecule has 138 valence electrons. The van der Waals surface area contributed by atoms with Crippen molar-refractivity contribution >= 4 is 17.6 Å². The third-order valence-corrected chi connectivity index (χ3v) is 5.22. The summed E-state index contributed by atoms with van der Waals surface area (Å²) >= 11 is 0. The fourth-order valence-corrected chi connectivity index (χ4v) is 3.73. The van der Waals surface area contributed by atoms with Gasteiger partial charge in [0.25, 0.3) is 5.91 Å². The summed E-state index contributed by atoms with van der Waals surface area (Å²) in [6, 6.07) is 10.7. The maximum Gasteiger partial charge on any atom is 0.337 e. The van der Waals surface area contributed by atoms with Gasteiger partial charge >= 0.3 is 5.97 Å². The monoisotopic (exact) mass is 361 g/mol. The van der Waals surface area contributed by atoms with Gasteiger partial charge in [-0.2, -0.15) is 0 Å². The number of carboxylic acid groups (broad SMARTS) is 1. The highest BCUT2D eigenvalue weighted by molar-refractivity contribution is 6.08. The van der Waals surface area contributed by atoms with E-state index in [1.807, 2.05) is 24.3 Å². The van der Waals surface area contributed by atoms with E-state index in [9.17, 15) is 14.7 Å². The summed E-state index contributed by atoms with van der Waals surface area (Å²) in [5.74, 6) is 1.56. The first kappa shape index (κ1) is 18.7. The lowest BCUT2D eigenvalue weighted by atomic mass is 9.84. The number of rotatable bonds is 4. The molecule has 2 aromatic rings. The first-order valence-electron chi connectivity index (χ1n) is 9.25. The van der Waals surface area contributed by atoms with E-state index in [2.05, 4.69) is 11.2 Å². The van der Waals surface area contributed by atoms with Crippen molar-refractivity contribution in [3.8, 4) is 12.3 Å². The van der Waals surface area contributed by atoms with E-state index < -0.39 is 5.97 Å². The van der Waals surface area contributed by atoms with Crippen LogP contribution in [0.3, 0.4) is 0 Å². The number of carboxylic acids is 1. The van der Waals surface area contributed by atoms with Crippen LogP contribution in [0, 0.1) is 19.3 Å². The zero-order chi connectivity index (χ0) is 19.4. The summed E-state index contributed by atoms with van der Waals surface area (Å²) in [6.45, 7) is 1.73.